The first-order valence-electron chi connectivity index (χ1n) is 5.71. The van der Waals surface area contributed by atoms with Crippen molar-refractivity contribution in [2.24, 2.45) is 0 Å². The molecule has 0 aliphatic heterocycles. The van der Waals surface area contributed by atoms with Gasteiger partial charge in [0.05, 0.1) is 22.0 Å². The van der Waals surface area contributed by atoms with Crippen LogP contribution in [-0.2, 0) is 0 Å². The molecule has 0 aliphatic carbocycles. The van der Waals surface area contributed by atoms with Crippen molar-refractivity contribution in [3.63, 3.8) is 0 Å². The Morgan fingerprint density at radius 3 is 2.60 bits per heavy atom. The number of halogens is 3. The van der Waals surface area contributed by atoms with Crippen LogP contribution in [0.1, 0.15) is 15.9 Å². The van der Waals surface area contributed by atoms with E-state index in [1.807, 2.05) is 0 Å². The van der Waals surface area contributed by atoms with E-state index in [4.69, 9.17) is 17.3 Å². The molecule has 0 atom stereocenters. The summed E-state index contributed by atoms with van der Waals surface area (Å²) in [6.07, 6.45) is 0. The van der Waals surface area contributed by atoms with Gasteiger partial charge in [0, 0.05) is 6.07 Å². The third-order valence-corrected chi connectivity index (χ3v) is 3.09. The first-order valence-corrected chi connectivity index (χ1v) is 6.09. The zero-order chi connectivity index (χ0) is 14.9. The van der Waals surface area contributed by atoms with E-state index in [9.17, 15) is 13.6 Å². The second-order valence-corrected chi connectivity index (χ2v) is 4.65. The third kappa shape index (κ3) is 2.72. The van der Waals surface area contributed by atoms with Crippen LogP contribution in [0.4, 0.5) is 20.2 Å². The highest BCUT2D eigenvalue weighted by Crippen LogP contribution is 2.28. The normalized spacial score (nSPS) is 10.4. The lowest BCUT2D eigenvalue weighted by molar-refractivity contribution is 0.102. The van der Waals surface area contributed by atoms with Crippen LogP contribution in [0, 0.1) is 18.6 Å². The van der Waals surface area contributed by atoms with Crippen molar-refractivity contribution in [2.75, 3.05) is 11.1 Å². The largest absolute Gasteiger partial charge is 0.397 e. The van der Waals surface area contributed by atoms with E-state index in [0.717, 1.165) is 6.07 Å². The predicted molar refractivity (Wildman–Crippen MR) is 74.9 cm³/mol. The van der Waals surface area contributed by atoms with Gasteiger partial charge in [-0.05, 0) is 30.7 Å². The van der Waals surface area contributed by atoms with Gasteiger partial charge in [-0.2, -0.15) is 0 Å². The minimum absolute atomic E-state index is 0.170. The molecule has 20 heavy (non-hydrogen) atoms. The molecule has 2 rings (SSSR count). The Morgan fingerprint density at radius 1 is 1.25 bits per heavy atom. The second kappa shape index (κ2) is 5.46. The molecule has 3 nitrogen and oxygen atoms in total. The number of nitrogens with two attached hydrogens (primary N) is 1. The number of aryl methyl sites for hydroxylation is 1. The van der Waals surface area contributed by atoms with Gasteiger partial charge in [-0.3, -0.25) is 4.79 Å². The van der Waals surface area contributed by atoms with Gasteiger partial charge in [-0.25, -0.2) is 8.78 Å². The first-order chi connectivity index (χ1) is 9.40. The summed E-state index contributed by atoms with van der Waals surface area (Å²) in [6, 6.07) is 6.51. The molecule has 0 heterocycles. The number of rotatable bonds is 2. The van der Waals surface area contributed by atoms with E-state index < -0.39 is 17.5 Å². The van der Waals surface area contributed by atoms with Gasteiger partial charge in [0.25, 0.3) is 5.91 Å². The van der Waals surface area contributed by atoms with Crippen LogP contribution >= 0.6 is 11.6 Å². The number of para-hydroxylation sites is 1. The number of carbonyl (C=O) groups excluding carboxylic acids is 1. The summed E-state index contributed by atoms with van der Waals surface area (Å²) in [5.74, 6) is -2.40. The number of hydrogen-bond donors (Lipinski definition) is 2. The first kappa shape index (κ1) is 14.3. The van der Waals surface area contributed by atoms with Gasteiger partial charge in [-0.15, -0.1) is 0 Å². The minimum atomic E-state index is -0.948. The van der Waals surface area contributed by atoms with Crippen molar-refractivity contribution >= 4 is 28.9 Å². The fourth-order valence-electron chi connectivity index (χ4n) is 1.68. The molecule has 6 heteroatoms. The fraction of sp³-hybridized carbons (Fsp3) is 0.0714. The predicted octanol–water partition coefficient (Wildman–Crippen LogP) is 3.76. The maximum absolute atomic E-state index is 13.6. The summed E-state index contributed by atoms with van der Waals surface area (Å²) in [5.41, 5.74) is 6.03. The lowest BCUT2D eigenvalue weighted by Crippen LogP contribution is -2.16. The number of anilines is 2. The zero-order valence-corrected chi connectivity index (χ0v) is 11.3. The molecular weight excluding hydrogens is 286 g/mol. The molecular formula is C14H11ClF2N2O. The summed E-state index contributed by atoms with van der Waals surface area (Å²) in [5, 5.41) is 2.66. The van der Waals surface area contributed by atoms with Gasteiger partial charge in [0.2, 0.25) is 0 Å². The number of nitrogens with one attached hydrogen (secondary N) is 1. The molecule has 0 fully saturated rings. The maximum Gasteiger partial charge on any atom is 0.258 e. The van der Waals surface area contributed by atoms with E-state index in [1.165, 1.54) is 6.92 Å². The minimum Gasteiger partial charge on any atom is -0.397 e. The second-order valence-electron chi connectivity index (χ2n) is 4.24. The number of nitrogen functional groups attached to an aromatic ring is 1. The molecule has 0 bridgehead atoms. The zero-order valence-electron chi connectivity index (χ0n) is 10.5. The molecule has 3 N–H and O–H groups in total. The molecule has 0 spiro atoms. The monoisotopic (exact) mass is 296 g/mol. The summed E-state index contributed by atoms with van der Waals surface area (Å²) < 4.78 is 26.8. The average molecular weight is 297 g/mol. The topological polar surface area (TPSA) is 55.1 Å². The average Bonchev–Trinajstić information content (AvgIpc) is 2.38. The van der Waals surface area contributed by atoms with E-state index in [2.05, 4.69) is 5.32 Å². The quantitative estimate of drug-likeness (QED) is 0.829. The molecule has 2 aromatic rings. The molecule has 0 aromatic heterocycles. The summed E-state index contributed by atoms with van der Waals surface area (Å²) in [6.45, 7) is 1.44. The molecule has 0 unspecified atom stereocenters. The SMILES string of the molecule is Cc1cc(C(=O)Nc2c(N)cccc2Cl)c(F)cc1F. The molecule has 0 saturated carbocycles. The Hall–Kier alpha value is -2.14. The van der Waals surface area contributed by atoms with Crippen LogP contribution in [-0.4, -0.2) is 5.91 Å². The van der Waals surface area contributed by atoms with Crippen molar-refractivity contribution in [1.82, 2.24) is 0 Å². The Morgan fingerprint density at radius 2 is 1.95 bits per heavy atom. The van der Waals surface area contributed by atoms with Crippen molar-refractivity contribution < 1.29 is 13.6 Å². The van der Waals surface area contributed by atoms with Gasteiger partial charge in [-0.1, -0.05) is 17.7 Å². The molecule has 2 aromatic carbocycles. The van der Waals surface area contributed by atoms with Crippen LogP contribution in [0.15, 0.2) is 30.3 Å². The highest BCUT2D eigenvalue weighted by molar-refractivity contribution is 6.34. The van der Waals surface area contributed by atoms with Crippen molar-refractivity contribution in [3.05, 3.63) is 58.1 Å². The van der Waals surface area contributed by atoms with Gasteiger partial charge < -0.3 is 11.1 Å². The van der Waals surface area contributed by atoms with Crippen LogP contribution < -0.4 is 11.1 Å². The fourth-order valence-corrected chi connectivity index (χ4v) is 1.91. The smallest absolute Gasteiger partial charge is 0.258 e. The maximum atomic E-state index is 13.6. The van der Waals surface area contributed by atoms with E-state index >= 15 is 0 Å². The highest BCUT2D eigenvalue weighted by Gasteiger charge is 2.16. The van der Waals surface area contributed by atoms with Crippen LogP contribution in [0.25, 0.3) is 0 Å². The lowest BCUT2D eigenvalue weighted by atomic mass is 10.1. The number of benzene rings is 2. The van der Waals surface area contributed by atoms with Crippen LogP contribution in [0.2, 0.25) is 5.02 Å². The highest BCUT2D eigenvalue weighted by atomic mass is 35.5. The number of carbonyl (C=O) groups is 1. The summed E-state index contributed by atoms with van der Waals surface area (Å²) in [4.78, 5) is 12.0. The van der Waals surface area contributed by atoms with Gasteiger partial charge in [0.15, 0.2) is 0 Å². The van der Waals surface area contributed by atoms with Crippen LogP contribution in [0.5, 0.6) is 0 Å². The Labute approximate surface area is 119 Å². The molecule has 104 valence electrons. The number of hydrogen-bond acceptors (Lipinski definition) is 2. The summed E-state index contributed by atoms with van der Waals surface area (Å²) in [7, 11) is 0. The standard InChI is InChI=1S/C14H11ClF2N2O/c1-7-5-8(11(17)6-10(7)16)14(20)19-13-9(15)3-2-4-12(13)18/h2-6H,18H2,1H3,(H,19,20). The van der Waals surface area contributed by atoms with E-state index in [-0.39, 0.29) is 27.5 Å². The Bertz CT molecular complexity index is 669. The van der Waals surface area contributed by atoms with E-state index in [1.54, 1.807) is 18.2 Å². The summed E-state index contributed by atoms with van der Waals surface area (Å²) >= 11 is 5.91. The Balaban J connectivity index is 2.36. The van der Waals surface area contributed by atoms with Crippen molar-refractivity contribution in [1.29, 1.82) is 0 Å². The lowest BCUT2D eigenvalue weighted by Gasteiger charge is -2.11. The molecule has 0 radical (unpaired) electrons. The van der Waals surface area contributed by atoms with Crippen molar-refractivity contribution in [3.8, 4) is 0 Å². The van der Waals surface area contributed by atoms with Crippen LogP contribution in [0.3, 0.4) is 0 Å². The Kier molecular flexibility index (Phi) is 3.90. The van der Waals surface area contributed by atoms with E-state index in [0.29, 0.717) is 6.07 Å². The number of amides is 1. The van der Waals surface area contributed by atoms with Gasteiger partial charge in [0.1, 0.15) is 11.6 Å². The molecule has 1 amide bonds. The molecule has 0 aliphatic rings. The van der Waals surface area contributed by atoms with Gasteiger partial charge >= 0.3 is 0 Å². The van der Waals surface area contributed by atoms with Crippen molar-refractivity contribution in [2.45, 2.75) is 6.92 Å². The third-order valence-electron chi connectivity index (χ3n) is 2.78. The molecule has 0 saturated heterocycles.